The number of aromatic nitrogens is 1. The Bertz CT molecular complexity index is 1270. The predicted octanol–water partition coefficient (Wildman–Crippen LogP) is 5.10. The molecule has 0 unspecified atom stereocenters. The van der Waals surface area contributed by atoms with Crippen LogP contribution in [0.25, 0.3) is 22.2 Å². The van der Waals surface area contributed by atoms with Gasteiger partial charge < -0.3 is 15.0 Å². The Labute approximate surface area is 167 Å². The zero-order valence-corrected chi connectivity index (χ0v) is 15.9. The van der Waals surface area contributed by atoms with E-state index in [1.807, 2.05) is 66.7 Å². The van der Waals surface area contributed by atoms with Gasteiger partial charge in [-0.15, -0.1) is 0 Å². The van der Waals surface area contributed by atoms with Crippen molar-refractivity contribution in [2.24, 2.45) is 0 Å². The highest BCUT2D eigenvalue weighted by atomic mass is 16.5. The SMILES string of the molecule is CC(=O)Nc1ccc2c(c1)Cc1c-2[nH]c2cc(C(=N)Oc3ccccc3)ccc12. The molecule has 0 fully saturated rings. The molecule has 0 saturated heterocycles. The smallest absolute Gasteiger partial charge is 0.221 e. The molecular weight excluding hydrogens is 362 g/mol. The first-order valence-corrected chi connectivity index (χ1v) is 9.46. The minimum Gasteiger partial charge on any atom is -0.439 e. The van der Waals surface area contributed by atoms with Gasteiger partial charge in [0.05, 0.1) is 5.69 Å². The first-order valence-electron chi connectivity index (χ1n) is 9.46. The third-order valence-electron chi connectivity index (χ3n) is 5.19. The molecule has 1 amide bonds. The average molecular weight is 381 g/mol. The summed E-state index contributed by atoms with van der Waals surface area (Å²) in [4.78, 5) is 14.8. The maximum Gasteiger partial charge on any atom is 0.221 e. The second-order valence-corrected chi connectivity index (χ2v) is 7.21. The highest BCUT2D eigenvalue weighted by Gasteiger charge is 2.23. The number of fused-ring (bicyclic) bond motifs is 5. The van der Waals surface area contributed by atoms with Crippen LogP contribution in [0, 0.1) is 5.41 Å². The Balaban J connectivity index is 1.47. The number of nitrogens with one attached hydrogen (secondary N) is 3. The van der Waals surface area contributed by atoms with Crippen molar-refractivity contribution >= 4 is 28.4 Å². The Hall–Kier alpha value is -3.86. The highest BCUT2D eigenvalue weighted by molar-refractivity contribution is 6.01. The topological polar surface area (TPSA) is 78.0 Å². The van der Waals surface area contributed by atoms with Gasteiger partial charge >= 0.3 is 0 Å². The molecule has 0 spiro atoms. The van der Waals surface area contributed by atoms with Crippen LogP contribution in [0.15, 0.2) is 66.7 Å². The molecule has 0 radical (unpaired) electrons. The van der Waals surface area contributed by atoms with E-state index in [1.165, 1.54) is 18.1 Å². The van der Waals surface area contributed by atoms with E-state index in [0.29, 0.717) is 5.75 Å². The Morgan fingerprint density at radius 3 is 2.69 bits per heavy atom. The molecule has 1 heterocycles. The maximum atomic E-state index is 11.3. The molecule has 5 heteroatoms. The predicted molar refractivity (Wildman–Crippen MR) is 115 cm³/mol. The van der Waals surface area contributed by atoms with E-state index in [0.717, 1.165) is 39.8 Å². The van der Waals surface area contributed by atoms with Crippen molar-refractivity contribution in [3.8, 4) is 17.0 Å². The van der Waals surface area contributed by atoms with Crippen LogP contribution < -0.4 is 10.1 Å². The summed E-state index contributed by atoms with van der Waals surface area (Å²) in [5.41, 5.74) is 7.24. The lowest BCUT2D eigenvalue weighted by molar-refractivity contribution is -0.114. The number of rotatable bonds is 3. The number of ether oxygens (including phenoxy) is 1. The van der Waals surface area contributed by atoms with E-state index >= 15 is 0 Å². The van der Waals surface area contributed by atoms with Crippen LogP contribution in [-0.2, 0) is 11.2 Å². The molecule has 142 valence electrons. The van der Waals surface area contributed by atoms with Crippen LogP contribution in [0.1, 0.15) is 23.6 Å². The lowest BCUT2D eigenvalue weighted by Gasteiger charge is -2.08. The van der Waals surface area contributed by atoms with Gasteiger partial charge in [0.15, 0.2) is 0 Å². The molecule has 5 rings (SSSR count). The summed E-state index contributed by atoms with van der Waals surface area (Å²) >= 11 is 0. The van der Waals surface area contributed by atoms with E-state index in [4.69, 9.17) is 10.1 Å². The van der Waals surface area contributed by atoms with E-state index in [2.05, 4.69) is 10.3 Å². The fourth-order valence-corrected chi connectivity index (χ4v) is 3.93. The number of para-hydroxylation sites is 1. The second kappa shape index (κ2) is 6.63. The summed E-state index contributed by atoms with van der Waals surface area (Å²) in [7, 11) is 0. The van der Waals surface area contributed by atoms with E-state index in [9.17, 15) is 4.79 Å². The number of anilines is 1. The molecular formula is C24H19N3O2. The number of hydrogen-bond acceptors (Lipinski definition) is 3. The zero-order valence-electron chi connectivity index (χ0n) is 15.9. The standard InChI is InChI=1S/C24H19N3O2/c1-14(28)26-17-8-10-19-16(11-17)12-21-20-9-7-15(13-22(20)27-23(19)21)24(25)29-18-5-3-2-4-6-18/h2-11,13,25,27H,12H2,1H3,(H,26,28). The fraction of sp³-hybridized carbons (Fsp3) is 0.0833. The first kappa shape index (κ1) is 17.3. The van der Waals surface area contributed by atoms with Gasteiger partial charge in [-0.2, -0.15) is 0 Å². The summed E-state index contributed by atoms with van der Waals surface area (Å²) in [5, 5.41) is 12.3. The van der Waals surface area contributed by atoms with Gasteiger partial charge in [-0.05, 0) is 47.5 Å². The van der Waals surface area contributed by atoms with Crippen LogP contribution in [0.5, 0.6) is 5.75 Å². The van der Waals surface area contributed by atoms with Crippen molar-refractivity contribution in [2.75, 3.05) is 5.32 Å². The molecule has 0 aliphatic heterocycles. The number of benzene rings is 3. The quantitative estimate of drug-likeness (QED) is 0.300. The van der Waals surface area contributed by atoms with Crippen LogP contribution in [-0.4, -0.2) is 16.8 Å². The van der Waals surface area contributed by atoms with Crippen molar-refractivity contribution < 1.29 is 9.53 Å². The number of aromatic amines is 1. The molecule has 1 aromatic heterocycles. The van der Waals surface area contributed by atoms with Gasteiger partial charge in [0, 0.05) is 41.1 Å². The molecule has 0 bridgehead atoms. The molecule has 3 N–H and O–H groups in total. The van der Waals surface area contributed by atoms with Crippen molar-refractivity contribution in [3.05, 3.63) is 83.4 Å². The summed E-state index contributed by atoms with van der Waals surface area (Å²) in [5.74, 6) is 0.698. The largest absolute Gasteiger partial charge is 0.439 e. The molecule has 1 aliphatic carbocycles. The number of hydrogen-bond donors (Lipinski definition) is 3. The molecule has 3 aromatic carbocycles. The van der Waals surface area contributed by atoms with E-state index in [-0.39, 0.29) is 11.8 Å². The van der Waals surface area contributed by atoms with Crippen LogP contribution in [0.2, 0.25) is 0 Å². The maximum absolute atomic E-state index is 11.3. The summed E-state index contributed by atoms with van der Waals surface area (Å²) < 4.78 is 5.66. The monoisotopic (exact) mass is 381 g/mol. The second-order valence-electron chi connectivity index (χ2n) is 7.21. The molecule has 4 aromatic rings. The lowest BCUT2D eigenvalue weighted by atomic mass is 10.1. The molecule has 5 nitrogen and oxygen atoms in total. The number of H-pyrrole nitrogens is 1. The molecule has 29 heavy (non-hydrogen) atoms. The van der Waals surface area contributed by atoms with Gasteiger partial charge in [-0.1, -0.05) is 30.3 Å². The normalized spacial score (nSPS) is 11.8. The number of carbonyl (C=O) groups excluding carboxylic acids is 1. The summed E-state index contributed by atoms with van der Waals surface area (Å²) in [6, 6.07) is 21.3. The van der Waals surface area contributed by atoms with Gasteiger partial charge in [-0.25, -0.2) is 0 Å². The summed E-state index contributed by atoms with van der Waals surface area (Å²) in [6.45, 7) is 1.51. The van der Waals surface area contributed by atoms with Crippen LogP contribution in [0.4, 0.5) is 5.69 Å². The van der Waals surface area contributed by atoms with Crippen LogP contribution >= 0.6 is 0 Å². The van der Waals surface area contributed by atoms with Crippen molar-refractivity contribution in [1.29, 1.82) is 5.41 Å². The van der Waals surface area contributed by atoms with Crippen molar-refractivity contribution in [2.45, 2.75) is 13.3 Å². The minimum atomic E-state index is -0.0698. The van der Waals surface area contributed by atoms with E-state index in [1.54, 1.807) is 0 Å². The Morgan fingerprint density at radius 2 is 1.90 bits per heavy atom. The highest BCUT2D eigenvalue weighted by Crippen LogP contribution is 2.41. The van der Waals surface area contributed by atoms with E-state index < -0.39 is 0 Å². The molecule has 0 atom stereocenters. The summed E-state index contributed by atoms with van der Waals surface area (Å²) in [6.07, 6.45) is 0.815. The van der Waals surface area contributed by atoms with Gasteiger partial charge in [0.2, 0.25) is 11.8 Å². The Kier molecular flexibility index (Phi) is 3.95. The minimum absolute atomic E-state index is 0.0698. The molecule has 1 aliphatic rings. The first-order chi connectivity index (χ1) is 14.1. The third kappa shape index (κ3) is 3.06. The van der Waals surface area contributed by atoms with Crippen LogP contribution in [0.3, 0.4) is 0 Å². The van der Waals surface area contributed by atoms with Crippen molar-refractivity contribution in [3.63, 3.8) is 0 Å². The lowest BCUT2D eigenvalue weighted by Crippen LogP contribution is -2.08. The van der Waals surface area contributed by atoms with Gasteiger partial charge in [0.1, 0.15) is 5.75 Å². The van der Waals surface area contributed by atoms with Gasteiger partial charge in [-0.3, -0.25) is 10.2 Å². The Morgan fingerprint density at radius 1 is 1.07 bits per heavy atom. The number of carbonyl (C=O) groups is 1. The molecule has 0 saturated carbocycles. The van der Waals surface area contributed by atoms with Gasteiger partial charge in [0.25, 0.3) is 0 Å². The zero-order chi connectivity index (χ0) is 20.0. The van der Waals surface area contributed by atoms with Crippen molar-refractivity contribution in [1.82, 2.24) is 4.98 Å². The number of amides is 1. The average Bonchev–Trinajstić information content (AvgIpc) is 3.23. The third-order valence-corrected chi connectivity index (χ3v) is 5.19. The fourth-order valence-electron chi connectivity index (χ4n) is 3.93.